The van der Waals surface area contributed by atoms with Crippen LogP contribution >= 0.6 is 0 Å². The van der Waals surface area contributed by atoms with E-state index in [2.05, 4.69) is 5.32 Å². The second-order valence-electron chi connectivity index (χ2n) is 5.48. The molecule has 0 amide bonds. The van der Waals surface area contributed by atoms with Crippen molar-refractivity contribution in [2.45, 2.75) is 12.5 Å². The number of para-hydroxylation sites is 1. The Balaban J connectivity index is 2.13. The Labute approximate surface area is 135 Å². The number of ether oxygens (including phenoxy) is 3. The van der Waals surface area contributed by atoms with Gasteiger partial charge in [-0.15, -0.1) is 0 Å². The molecule has 4 nitrogen and oxygen atoms in total. The molecule has 0 aliphatic carbocycles. The quantitative estimate of drug-likeness (QED) is 0.920. The van der Waals surface area contributed by atoms with Gasteiger partial charge in [-0.05, 0) is 25.2 Å². The topological polar surface area (TPSA) is 39.7 Å². The van der Waals surface area contributed by atoms with E-state index < -0.39 is 0 Å². The molecule has 0 saturated heterocycles. The van der Waals surface area contributed by atoms with Crippen molar-refractivity contribution < 1.29 is 18.6 Å². The summed E-state index contributed by atoms with van der Waals surface area (Å²) >= 11 is 0. The Morgan fingerprint density at radius 2 is 2.04 bits per heavy atom. The predicted molar refractivity (Wildman–Crippen MR) is 87.0 cm³/mol. The van der Waals surface area contributed by atoms with Crippen molar-refractivity contribution in [1.82, 2.24) is 5.32 Å². The molecule has 122 valence electrons. The number of likely N-dealkylation sites (N-methyl/N-ethyl adjacent to an activating group) is 1. The second-order valence-corrected chi connectivity index (χ2v) is 5.48. The van der Waals surface area contributed by atoms with Gasteiger partial charge in [0.1, 0.15) is 17.7 Å². The summed E-state index contributed by atoms with van der Waals surface area (Å²) in [6.07, 6.45) is 0.694. The van der Waals surface area contributed by atoms with Crippen LogP contribution in [0.25, 0.3) is 11.1 Å². The number of rotatable bonds is 5. The number of hydrogen-bond donors (Lipinski definition) is 1. The largest absolute Gasteiger partial charge is 0.493 e. The zero-order valence-electron chi connectivity index (χ0n) is 13.5. The van der Waals surface area contributed by atoms with Crippen molar-refractivity contribution in [1.29, 1.82) is 0 Å². The minimum absolute atomic E-state index is 0.00662. The SMILES string of the molecule is CNCC1Cc2cc(F)cc(-c3cccc(OC)c3OC)c2O1. The Morgan fingerprint density at radius 3 is 2.74 bits per heavy atom. The van der Waals surface area contributed by atoms with E-state index in [0.29, 0.717) is 30.0 Å². The van der Waals surface area contributed by atoms with E-state index >= 15 is 0 Å². The number of fused-ring (bicyclic) bond motifs is 1. The van der Waals surface area contributed by atoms with Gasteiger partial charge in [0.05, 0.1) is 14.2 Å². The average molecular weight is 317 g/mol. The van der Waals surface area contributed by atoms with Crippen molar-refractivity contribution in [3.63, 3.8) is 0 Å². The molecule has 1 unspecified atom stereocenters. The molecule has 2 aromatic carbocycles. The summed E-state index contributed by atoms with van der Waals surface area (Å²) in [4.78, 5) is 0. The molecule has 1 aliphatic rings. The monoisotopic (exact) mass is 317 g/mol. The van der Waals surface area contributed by atoms with Gasteiger partial charge >= 0.3 is 0 Å². The number of benzene rings is 2. The van der Waals surface area contributed by atoms with Crippen molar-refractivity contribution in [2.24, 2.45) is 0 Å². The van der Waals surface area contributed by atoms with Gasteiger partial charge in [0.25, 0.3) is 0 Å². The molecule has 1 N–H and O–H groups in total. The van der Waals surface area contributed by atoms with E-state index in [-0.39, 0.29) is 11.9 Å². The molecule has 1 atom stereocenters. The number of methoxy groups -OCH3 is 2. The van der Waals surface area contributed by atoms with Crippen LogP contribution in [0.4, 0.5) is 4.39 Å². The summed E-state index contributed by atoms with van der Waals surface area (Å²) in [6.45, 7) is 0.713. The van der Waals surface area contributed by atoms with Crippen LogP contribution in [0.2, 0.25) is 0 Å². The van der Waals surface area contributed by atoms with Crippen molar-refractivity contribution in [3.05, 3.63) is 41.7 Å². The summed E-state index contributed by atoms with van der Waals surface area (Å²) in [5.74, 6) is 1.62. The normalized spacial score (nSPS) is 15.9. The maximum Gasteiger partial charge on any atom is 0.168 e. The first-order valence-corrected chi connectivity index (χ1v) is 7.53. The summed E-state index contributed by atoms with van der Waals surface area (Å²) in [7, 11) is 5.03. The van der Waals surface area contributed by atoms with E-state index in [9.17, 15) is 4.39 Å². The minimum atomic E-state index is -0.280. The van der Waals surface area contributed by atoms with Crippen LogP contribution in [0.3, 0.4) is 0 Å². The van der Waals surface area contributed by atoms with Gasteiger partial charge in [0, 0.05) is 29.7 Å². The van der Waals surface area contributed by atoms with E-state index in [1.54, 1.807) is 20.3 Å². The maximum absolute atomic E-state index is 14.1. The van der Waals surface area contributed by atoms with E-state index in [1.807, 2.05) is 25.2 Å². The van der Waals surface area contributed by atoms with Gasteiger partial charge in [-0.3, -0.25) is 0 Å². The van der Waals surface area contributed by atoms with Crippen LogP contribution in [-0.2, 0) is 6.42 Å². The third kappa shape index (κ3) is 2.84. The zero-order valence-corrected chi connectivity index (χ0v) is 13.5. The molecule has 23 heavy (non-hydrogen) atoms. The second kappa shape index (κ2) is 6.46. The van der Waals surface area contributed by atoms with Gasteiger partial charge in [-0.1, -0.05) is 12.1 Å². The fraction of sp³-hybridized carbons (Fsp3) is 0.333. The lowest BCUT2D eigenvalue weighted by Crippen LogP contribution is -2.27. The molecule has 0 bridgehead atoms. The van der Waals surface area contributed by atoms with Crippen LogP contribution in [0.5, 0.6) is 17.2 Å². The molecule has 0 radical (unpaired) electrons. The highest BCUT2D eigenvalue weighted by molar-refractivity contribution is 5.80. The molecule has 0 spiro atoms. The van der Waals surface area contributed by atoms with Crippen molar-refractivity contribution >= 4 is 0 Å². The maximum atomic E-state index is 14.1. The minimum Gasteiger partial charge on any atom is -0.493 e. The number of nitrogens with one attached hydrogen (secondary N) is 1. The molecule has 0 aromatic heterocycles. The summed E-state index contributed by atoms with van der Waals surface area (Å²) in [5.41, 5.74) is 2.33. The first-order valence-electron chi connectivity index (χ1n) is 7.53. The highest BCUT2D eigenvalue weighted by Crippen LogP contribution is 2.45. The van der Waals surface area contributed by atoms with Gasteiger partial charge in [0.15, 0.2) is 11.5 Å². The van der Waals surface area contributed by atoms with E-state index in [0.717, 1.165) is 16.9 Å². The van der Waals surface area contributed by atoms with Crippen LogP contribution < -0.4 is 19.5 Å². The van der Waals surface area contributed by atoms with Crippen molar-refractivity contribution in [2.75, 3.05) is 27.8 Å². The van der Waals surface area contributed by atoms with Crippen LogP contribution in [0.15, 0.2) is 30.3 Å². The lowest BCUT2D eigenvalue weighted by atomic mass is 9.99. The molecule has 5 heteroatoms. The Hall–Kier alpha value is -2.27. The molecule has 1 heterocycles. The molecule has 1 aliphatic heterocycles. The molecular formula is C18H20FNO3. The lowest BCUT2D eigenvalue weighted by Gasteiger charge is -2.16. The standard InChI is InChI=1S/C18H20FNO3/c1-20-10-13-8-11-7-12(19)9-15(17(11)23-13)14-5-4-6-16(21-2)18(14)22-3/h4-7,9,13,20H,8,10H2,1-3H3. The van der Waals surface area contributed by atoms with Crippen LogP contribution in [0, 0.1) is 5.82 Å². The van der Waals surface area contributed by atoms with Gasteiger partial charge in [-0.2, -0.15) is 0 Å². The van der Waals surface area contributed by atoms with Crippen LogP contribution in [-0.4, -0.2) is 33.9 Å². The molecule has 2 aromatic rings. The van der Waals surface area contributed by atoms with Gasteiger partial charge in [-0.25, -0.2) is 4.39 Å². The first-order chi connectivity index (χ1) is 11.2. The molecule has 0 fully saturated rings. The van der Waals surface area contributed by atoms with E-state index in [4.69, 9.17) is 14.2 Å². The molecule has 3 rings (SSSR count). The third-order valence-electron chi connectivity index (χ3n) is 3.99. The van der Waals surface area contributed by atoms with Crippen LogP contribution in [0.1, 0.15) is 5.56 Å². The molecule has 0 saturated carbocycles. The Bertz CT molecular complexity index is 718. The van der Waals surface area contributed by atoms with Gasteiger partial charge < -0.3 is 19.5 Å². The van der Waals surface area contributed by atoms with E-state index in [1.165, 1.54) is 6.07 Å². The van der Waals surface area contributed by atoms with Gasteiger partial charge in [0.2, 0.25) is 0 Å². The van der Waals surface area contributed by atoms with Crippen molar-refractivity contribution in [3.8, 4) is 28.4 Å². The predicted octanol–water partition coefficient (Wildman–Crippen LogP) is 3.03. The molecular weight excluding hydrogens is 297 g/mol. The number of halogens is 1. The summed E-state index contributed by atoms with van der Waals surface area (Å²) < 4.78 is 30.9. The number of hydrogen-bond acceptors (Lipinski definition) is 4. The zero-order chi connectivity index (χ0) is 16.4. The highest BCUT2D eigenvalue weighted by Gasteiger charge is 2.28. The first kappa shape index (κ1) is 15.6. The lowest BCUT2D eigenvalue weighted by molar-refractivity contribution is 0.232. The smallest absolute Gasteiger partial charge is 0.168 e. The fourth-order valence-corrected chi connectivity index (χ4v) is 3.04. The summed E-state index contributed by atoms with van der Waals surface area (Å²) in [6, 6.07) is 8.57. The fourth-order valence-electron chi connectivity index (χ4n) is 3.04. The highest BCUT2D eigenvalue weighted by atomic mass is 19.1. The summed E-state index contributed by atoms with van der Waals surface area (Å²) in [5, 5.41) is 3.10. The Kier molecular flexibility index (Phi) is 4.39. The third-order valence-corrected chi connectivity index (χ3v) is 3.99. The average Bonchev–Trinajstić information content (AvgIpc) is 2.95. The Morgan fingerprint density at radius 1 is 1.22 bits per heavy atom.